The number of likely N-dealkylation sites (N-methyl/N-ethyl adjacent to an activating group) is 1. The molecule has 1 saturated carbocycles. The lowest BCUT2D eigenvalue weighted by molar-refractivity contribution is -0.121. The molecule has 0 radical (unpaired) electrons. The molecule has 0 aromatic heterocycles. The lowest BCUT2D eigenvalue weighted by atomic mass is 10.0. The molecule has 0 aromatic rings. The van der Waals surface area contributed by atoms with Gasteiger partial charge in [0.25, 0.3) is 0 Å². The van der Waals surface area contributed by atoms with Gasteiger partial charge in [0.15, 0.2) is 0 Å². The summed E-state index contributed by atoms with van der Waals surface area (Å²) in [5.74, 6) is 0.777. The number of halogens is 2. The van der Waals surface area contributed by atoms with Crippen LogP contribution in [-0.2, 0) is 4.79 Å². The van der Waals surface area contributed by atoms with Crippen LogP contribution in [0.5, 0.6) is 0 Å². The minimum atomic E-state index is 0. The van der Waals surface area contributed by atoms with Crippen molar-refractivity contribution < 1.29 is 4.79 Å². The van der Waals surface area contributed by atoms with Crippen molar-refractivity contribution >= 4 is 30.7 Å². The van der Waals surface area contributed by atoms with E-state index >= 15 is 0 Å². The van der Waals surface area contributed by atoms with Gasteiger partial charge in [-0.2, -0.15) is 0 Å². The Morgan fingerprint density at radius 1 is 1.33 bits per heavy atom. The summed E-state index contributed by atoms with van der Waals surface area (Å²) >= 11 is 0. The number of nitrogens with zero attached hydrogens (tertiary/aromatic N) is 1. The molecule has 1 aliphatic heterocycles. The third-order valence-electron chi connectivity index (χ3n) is 3.59. The van der Waals surface area contributed by atoms with E-state index in [1.165, 1.54) is 12.8 Å². The van der Waals surface area contributed by atoms with E-state index in [4.69, 9.17) is 0 Å². The molecule has 1 heterocycles. The first-order valence-electron chi connectivity index (χ1n) is 6.43. The van der Waals surface area contributed by atoms with Crippen molar-refractivity contribution in [1.29, 1.82) is 0 Å². The summed E-state index contributed by atoms with van der Waals surface area (Å²) in [4.78, 5) is 14.0. The third-order valence-corrected chi connectivity index (χ3v) is 3.59. The van der Waals surface area contributed by atoms with Crippen molar-refractivity contribution in [3.05, 3.63) is 0 Å². The second-order valence-electron chi connectivity index (χ2n) is 5.12. The smallest absolute Gasteiger partial charge is 0.220 e. The molecular formula is C12H25Cl2N3O. The van der Waals surface area contributed by atoms with Gasteiger partial charge in [0.2, 0.25) is 5.91 Å². The van der Waals surface area contributed by atoms with Gasteiger partial charge in [-0.1, -0.05) is 0 Å². The Balaban J connectivity index is 0.00000144. The second-order valence-corrected chi connectivity index (χ2v) is 5.12. The van der Waals surface area contributed by atoms with Crippen molar-refractivity contribution in [2.24, 2.45) is 5.92 Å². The maximum absolute atomic E-state index is 11.6. The predicted molar refractivity (Wildman–Crippen MR) is 78.8 cm³/mol. The number of rotatable bonds is 6. The van der Waals surface area contributed by atoms with E-state index in [-0.39, 0.29) is 30.7 Å². The largest absolute Gasteiger partial charge is 0.355 e. The fourth-order valence-electron chi connectivity index (χ4n) is 2.29. The summed E-state index contributed by atoms with van der Waals surface area (Å²) in [5, 5.41) is 6.30. The molecule has 2 fully saturated rings. The molecule has 1 aliphatic carbocycles. The van der Waals surface area contributed by atoms with Gasteiger partial charge in [-0.15, -0.1) is 24.8 Å². The van der Waals surface area contributed by atoms with Crippen LogP contribution in [0.15, 0.2) is 0 Å². The van der Waals surface area contributed by atoms with Crippen LogP contribution in [-0.4, -0.2) is 50.1 Å². The first-order chi connectivity index (χ1) is 7.75. The number of hydrogen-bond acceptors (Lipinski definition) is 3. The van der Waals surface area contributed by atoms with Gasteiger partial charge in [0, 0.05) is 25.6 Å². The van der Waals surface area contributed by atoms with E-state index in [9.17, 15) is 4.79 Å². The molecular weight excluding hydrogens is 273 g/mol. The topological polar surface area (TPSA) is 44.4 Å². The highest BCUT2D eigenvalue weighted by Crippen LogP contribution is 2.24. The van der Waals surface area contributed by atoms with Gasteiger partial charge in [0.1, 0.15) is 0 Å². The van der Waals surface area contributed by atoms with Crippen molar-refractivity contribution in [1.82, 2.24) is 15.5 Å². The van der Waals surface area contributed by atoms with Crippen LogP contribution in [0.1, 0.15) is 25.7 Å². The molecule has 1 unspecified atom stereocenters. The van der Waals surface area contributed by atoms with Gasteiger partial charge in [-0.05, 0) is 45.3 Å². The van der Waals surface area contributed by atoms with Crippen LogP contribution in [0, 0.1) is 5.92 Å². The highest BCUT2D eigenvalue weighted by atomic mass is 35.5. The van der Waals surface area contributed by atoms with E-state index in [0.29, 0.717) is 12.3 Å². The molecule has 1 atom stereocenters. The third kappa shape index (κ3) is 6.23. The Morgan fingerprint density at radius 2 is 2.06 bits per heavy atom. The fraction of sp³-hybridized carbons (Fsp3) is 0.917. The minimum Gasteiger partial charge on any atom is -0.355 e. The van der Waals surface area contributed by atoms with Crippen LogP contribution in [0.3, 0.4) is 0 Å². The Hall–Kier alpha value is -0.0300. The molecule has 0 spiro atoms. The summed E-state index contributed by atoms with van der Waals surface area (Å²) in [7, 11) is 2.14. The van der Waals surface area contributed by atoms with Crippen LogP contribution in [0.4, 0.5) is 0 Å². The maximum Gasteiger partial charge on any atom is 0.220 e. The van der Waals surface area contributed by atoms with Gasteiger partial charge < -0.3 is 15.5 Å². The van der Waals surface area contributed by atoms with E-state index in [0.717, 1.165) is 38.6 Å². The van der Waals surface area contributed by atoms with Gasteiger partial charge in [0.05, 0.1) is 0 Å². The highest BCUT2D eigenvalue weighted by Gasteiger charge is 2.25. The van der Waals surface area contributed by atoms with Crippen molar-refractivity contribution in [2.45, 2.75) is 31.7 Å². The second kappa shape index (κ2) is 8.97. The number of nitrogens with one attached hydrogen (secondary N) is 2. The molecule has 0 bridgehead atoms. The summed E-state index contributed by atoms with van der Waals surface area (Å²) < 4.78 is 0. The van der Waals surface area contributed by atoms with Crippen molar-refractivity contribution in [2.75, 3.05) is 33.2 Å². The zero-order chi connectivity index (χ0) is 11.4. The van der Waals surface area contributed by atoms with Gasteiger partial charge in [-0.25, -0.2) is 0 Å². The van der Waals surface area contributed by atoms with Gasteiger partial charge in [-0.3, -0.25) is 4.79 Å². The fourth-order valence-corrected chi connectivity index (χ4v) is 2.29. The minimum absolute atomic E-state index is 0. The van der Waals surface area contributed by atoms with E-state index in [2.05, 4.69) is 22.6 Å². The Morgan fingerprint density at radius 3 is 2.61 bits per heavy atom. The molecule has 2 aliphatic rings. The average Bonchev–Trinajstić information content (AvgIpc) is 2.99. The molecule has 0 aromatic carbocycles. The molecule has 2 rings (SSSR count). The molecule has 1 amide bonds. The lowest BCUT2D eigenvalue weighted by Gasteiger charge is -2.16. The number of carbonyl (C=O) groups is 1. The number of carbonyl (C=O) groups excluding carboxylic acids is 1. The first-order valence-corrected chi connectivity index (χ1v) is 6.43. The zero-order valence-corrected chi connectivity index (χ0v) is 12.6. The quantitative estimate of drug-likeness (QED) is 0.770. The Labute approximate surface area is 122 Å². The maximum atomic E-state index is 11.6. The highest BCUT2D eigenvalue weighted by molar-refractivity contribution is 5.85. The number of amides is 1. The molecule has 2 N–H and O–H groups in total. The van der Waals surface area contributed by atoms with E-state index in [1.54, 1.807) is 0 Å². The average molecular weight is 298 g/mol. The van der Waals surface area contributed by atoms with Crippen LogP contribution >= 0.6 is 24.8 Å². The first kappa shape index (κ1) is 18.0. The monoisotopic (exact) mass is 297 g/mol. The normalized spacial score (nSPS) is 22.2. The SMILES string of the molecule is CN(CCNC(=O)CC1CCNC1)C1CC1.Cl.Cl. The Kier molecular flexibility index (Phi) is 8.95. The standard InChI is InChI=1S/C12H23N3O.2ClH/c1-15(11-2-3-11)7-6-14-12(16)8-10-4-5-13-9-10;;/h10-11,13H,2-9H2,1H3,(H,14,16);2*1H. The van der Waals surface area contributed by atoms with Crippen LogP contribution in [0.25, 0.3) is 0 Å². The zero-order valence-electron chi connectivity index (χ0n) is 11.0. The Bertz CT molecular complexity index is 243. The van der Waals surface area contributed by atoms with Crippen molar-refractivity contribution in [3.8, 4) is 0 Å². The van der Waals surface area contributed by atoms with Crippen molar-refractivity contribution in [3.63, 3.8) is 0 Å². The summed E-state index contributed by atoms with van der Waals surface area (Å²) in [5.41, 5.74) is 0. The van der Waals surface area contributed by atoms with Gasteiger partial charge >= 0.3 is 0 Å². The lowest BCUT2D eigenvalue weighted by Crippen LogP contribution is -2.34. The summed E-state index contributed by atoms with van der Waals surface area (Å²) in [6.45, 7) is 3.86. The summed E-state index contributed by atoms with van der Waals surface area (Å²) in [6, 6.07) is 0.788. The number of hydrogen-bond donors (Lipinski definition) is 2. The van der Waals surface area contributed by atoms with Crippen LogP contribution in [0.2, 0.25) is 0 Å². The summed E-state index contributed by atoms with van der Waals surface area (Å²) in [6.07, 6.45) is 4.51. The molecule has 18 heavy (non-hydrogen) atoms. The molecule has 6 heteroatoms. The van der Waals surface area contributed by atoms with Crippen LogP contribution < -0.4 is 10.6 Å². The van der Waals surface area contributed by atoms with E-state index in [1.807, 2.05) is 0 Å². The molecule has 1 saturated heterocycles. The predicted octanol–water partition coefficient (Wildman–Crippen LogP) is 1.04. The van der Waals surface area contributed by atoms with E-state index < -0.39 is 0 Å². The molecule has 108 valence electrons. The molecule has 4 nitrogen and oxygen atoms in total.